The van der Waals surface area contributed by atoms with E-state index >= 15 is 0 Å². The van der Waals surface area contributed by atoms with E-state index in [1.165, 1.54) is 13.1 Å². The Kier molecular flexibility index (Phi) is 7.02. The summed E-state index contributed by atoms with van der Waals surface area (Å²) >= 11 is 6.96. The molecule has 0 aliphatic rings. The highest BCUT2D eigenvalue weighted by atomic mass is 35.5. The molecule has 0 aliphatic heterocycles. The van der Waals surface area contributed by atoms with Crippen LogP contribution in [-0.4, -0.2) is 28.0 Å². The minimum Gasteiger partial charge on any atom is -0.494 e. The summed E-state index contributed by atoms with van der Waals surface area (Å²) in [5.41, 5.74) is 1.30. The molecule has 2 aromatic carbocycles. The van der Waals surface area contributed by atoms with Gasteiger partial charge < -0.3 is 10.1 Å². The second-order valence-corrected chi connectivity index (χ2v) is 9.62. The van der Waals surface area contributed by atoms with Crippen molar-refractivity contribution in [3.05, 3.63) is 75.4 Å². The van der Waals surface area contributed by atoms with Crippen LogP contribution in [0.3, 0.4) is 0 Å². The van der Waals surface area contributed by atoms with Crippen LogP contribution < -0.4 is 14.4 Å². The number of carbonyl (C=O) groups is 1. The number of nitrogens with one attached hydrogen (secondary N) is 1. The van der Waals surface area contributed by atoms with Gasteiger partial charge in [-0.1, -0.05) is 23.7 Å². The van der Waals surface area contributed by atoms with Crippen molar-refractivity contribution in [3.8, 4) is 5.75 Å². The molecule has 0 spiro atoms. The molecule has 1 aromatic heterocycles. The Morgan fingerprint density at radius 3 is 2.60 bits per heavy atom. The van der Waals surface area contributed by atoms with E-state index in [0.717, 1.165) is 21.2 Å². The standard InChI is InChI=1S/C21H21ClN2O4S2/c1-3-28-18-6-4-5-15(13-18)14-23-21(25)20-19(11-12-29-20)30(26,27)24(2)17-9-7-16(22)8-10-17/h4-13H,3,14H2,1-2H3,(H,23,25). The molecule has 1 heterocycles. The first-order valence-corrected chi connectivity index (χ1v) is 11.8. The summed E-state index contributed by atoms with van der Waals surface area (Å²) in [6.07, 6.45) is 0. The summed E-state index contributed by atoms with van der Waals surface area (Å²) in [6, 6.07) is 15.3. The Balaban J connectivity index is 1.77. The molecule has 1 N–H and O–H groups in total. The SMILES string of the molecule is CCOc1cccc(CNC(=O)c2sccc2S(=O)(=O)N(C)c2ccc(Cl)cc2)c1. The van der Waals surface area contributed by atoms with Crippen molar-refractivity contribution >= 4 is 44.6 Å². The predicted octanol–water partition coefficient (Wildman–Crippen LogP) is 4.56. The number of carbonyl (C=O) groups excluding carboxylic acids is 1. The molecule has 3 aromatic rings. The van der Waals surface area contributed by atoms with Crippen LogP contribution in [-0.2, 0) is 16.6 Å². The first kappa shape index (κ1) is 22.1. The Labute approximate surface area is 185 Å². The zero-order valence-electron chi connectivity index (χ0n) is 16.5. The van der Waals surface area contributed by atoms with Gasteiger partial charge in [0.1, 0.15) is 15.5 Å². The highest BCUT2D eigenvalue weighted by Crippen LogP contribution is 2.28. The highest BCUT2D eigenvalue weighted by molar-refractivity contribution is 7.93. The molecule has 0 saturated heterocycles. The van der Waals surface area contributed by atoms with Crippen molar-refractivity contribution in [1.82, 2.24) is 5.32 Å². The molecule has 0 radical (unpaired) electrons. The smallest absolute Gasteiger partial charge is 0.265 e. The van der Waals surface area contributed by atoms with Gasteiger partial charge >= 0.3 is 0 Å². The molecule has 0 atom stereocenters. The van der Waals surface area contributed by atoms with Crippen molar-refractivity contribution in [1.29, 1.82) is 0 Å². The summed E-state index contributed by atoms with van der Waals surface area (Å²) in [5, 5.41) is 4.88. The second kappa shape index (κ2) is 9.51. The highest BCUT2D eigenvalue weighted by Gasteiger charge is 2.28. The molecular formula is C21H21ClN2O4S2. The normalized spacial score (nSPS) is 11.2. The minimum atomic E-state index is -3.91. The molecule has 1 amide bonds. The number of hydrogen-bond acceptors (Lipinski definition) is 5. The van der Waals surface area contributed by atoms with Crippen LogP contribution in [0, 0.1) is 0 Å². The number of hydrogen-bond donors (Lipinski definition) is 1. The molecule has 30 heavy (non-hydrogen) atoms. The number of sulfonamides is 1. The lowest BCUT2D eigenvalue weighted by Crippen LogP contribution is -2.29. The maximum atomic E-state index is 13.1. The summed E-state index contributed by atoms with van der Waals surface area (Å²) in [5.74, 6) is 0.267. The van der Waals surface area contributed by atoms with Gasteiger partial charge in [-0.25, -0.2) is 8.42 Å². The molecule has 0 bridgehead atoms. The lowest BCUT2D eigenvalue weighted by atomic mass is 10.2. The van der Waals surface area contributed by atoms with E-state index in [2.05, 4.69) is 5.32 Å². The Morgan fingerprint density at radius 1 is 1.17 bits per heavy atom. The average Bonchev–Trinajstić information content (AvgIpc) is 3.24. The number of benzene rings is 2. The maximum absolute atomic E-state index is 13.1. The van der Waals surface area contributed by atoms with E-state index in [1.54, 1.807) is 29.6 Å². The van der Waals surface area contributed by atoms with E-state index in [0.29, 0.717) is 23.1 Å². The number of nitrogens with zero attached hydrogens (tertiary/aromatic N) is 1. The summed E-state index contributed by atoms with van der Waals surface area (Å²) < 4.78 is 32.8. The van der Waals surface area contributed by atoms with Crippen LogP contribution in [0.5, 0.6) is 5.75 Å². The van der Waals surface area contributed by atoms with Gasteiger partial charge in [0.05, 0.1) is 12.3 Å². The van der Waals surface area contributed by atoms with Crippen LogP contribution in [0.25, 0.3) is 0 Å². The van der Waals surface area contributed by atoms with Crippen molar-refractivity contribution in [2.24, 2.45) is 0 Å². The zero-order valence-corrected chi connectivity index (χ0v) is 18.9. The molecule has 9 heteroatoms. The molecule has 6 nitrogen and oxygen atoms in total. The van der Waals surface area contributed by atoms with Crippen LogP contribution in [0.1, 0.15) is 22.2 Å². The average molecular weight is 465 g/mol. The van der Waals surface area contributed by atoms with Crippen molar-refractivity contribution in [3.63, 3.8) is 0 Å². The third kappa shape index (κ3) is 4.95. The Bertz CT molecular complexity index is 1130. The first-order chi connectivity index (χ1) is 14.3. The number of thiophene rings is 1. The summed E-state index contributed by atoms with van der Waals surface area (Å²) in [7, 11) is -2.47. The maximum Gasteiger partial charge on any atom is 0.265 e. The number of halogens is 1. The Hall–Kier alpha value is -2.55. The molecule has 0 fully saturated rings. The minimum absolute atomic E-state index is 0.0366. The van der Waals surface area contributed by atoms with Crippen molar-refractivity contribution in [2.45, 2.75) is 18.4 Å². The zero-order chi connectivity index (χ0) is 21.7. The monoisotopic (exact) mass is 464 g/mol. The van der Waals surface area contributed by atoms with Crippen LogP contribution >= 0.6 is 22.9 Å². The van der Waals surface area contributed by atoms with E-state index in [4.69, 9.17) is 16.3 Å². The number of ether oxygens (including phenoxy) is 1. The molecule has 0 aliphatic carbocycles. The van der Waals surface area contributed by atoms with Gasteiger partial charge in [-0.15, -0.1) is 11.3 Å². The van der Waals surface area contributed by atoms with Gasteiger partial charge in [0, 0.05) is 18.6 Å². The fourth-order valence-corrected chi connectivity index (χ4v) is 5.42. The van der Waals surface area contributed by atoms with Crippen molar-refractivity contribution < 1.29 is 17.9 Å². The van der Waals surface area contributed by atoms with Gasteiger partial charge in [0.25, 0.3) is 15.9 Å². The van der Waals surface area contributed by atoms with E-state index in [9.17, 15) is 13.2 Å². The van der Waals surface area contributed by atoms with E-state index in [-0.39, 0.29) is 16.3 Å². The molecule has 3 rings (SSSR count). The topological polar surface area (TPSA) is 75.7 Å². The third-order valence-electron chi connectivity index (χ3n) is 4.33. The second-order valence-electron chi connectivity index (χ2n) is 6.33. The van der Waals surface area contributed by atoms with Crippen LogP contribution in [0.4, 0.5) is 5.69 Å². The molecule has 0 saturated carbocycles. The van der Waals surface area contributed by atoms with Gasteiger partial charge in [0.2, 0.25) is 0 Å². The molecule has 0 unspecified atom stereocenters. The molecular weight excluding hydrogens is 444 g/mol. The number of amides is 1. The van der Waals surface area contributed by atoms with Crippen LogP contribution in [0.2, 0.25) is 5.02 Å². The Morgan fingerprint density at radius 2 is 1.90 bits per heavy atom. The van der Waals surface area contributed by atoms with E-state index < -0.39 is 15.9 Å². The van der Waals surface area contributed by atoms with Gasteiger partial charge in [-0.2, -0.15) is 0 Å². The third-order valence-corrected chi connectivity index (χ3v) is 7.45. The fraction of sp³-hybridized carbons (Fsp3) is 0.190. The summed E-state index contributed by atoms with van der Waals surface area (Å²) in [6.45, 7) is 2.70. The van der Waals surface area contributed by atoms with Crippen molar-refractivity contribution in [2.75, 3.05) is 18.0 Å². The molecule has 158 valence electrons. The predicted molar refractivity (Wildman–Crippen MR) is 120 cm³/mol. The number of rotatable bonds is 8. The number of anilines is 1. The largest absolute Gasteiger partial charge is 0.494 e. The van der Waals surface area contributed by atoms with E-state index in [1.807, 2.05) is 31.2 Å². The van der Waals surface area contributed by atoms with Gasteiger partial charge in [0.15, 0.2) is 0 Å². The first-order valence-electron chi connectivity index (χ1n) is 9.15. The van der Waals surface area contributed by atoms with Gasteiger partial charge in [-0.05, 0) is 60.3 Å². The van der Waals surface area contributed by atoms with Gasteiger partial charge in [-0.3, -0.25) is 9.10 Å². The summed E-state index contributed by atoms with van der Waals surface area (Å²) in [4.78, 5) is 12.8. The lowest BCUT2D eigenvalue weighted by Gasteiger charge is -2.19. The fourth-order valence-electron chi connectivity index (χ4n) is 2.78. The quantitative estimate of drug-likeness (QED) is 0.530. The van der Waals surface area contributed by atoms with Crippen LogP contribution in [0.15, 0.2) is 64.9 Å². The lowest BCUT2D eigenvalue weighted by molar-refractivity contribution is 0.0952.